The smallest absolute Gasteiger partial charge is 0.370 e. The fraction of sp³-hybridized carbons (Fsp3) is 0.560. The third-order valence-electron chi connectivity index (χ3n) is 7.54. The highest BCUT2D eigenvalue weighted by molar-refractivity contribution is 6.35. The Balaban J connectivity index is 1.26. The van der Waals surface area contributed by atoms with E-state index < -0.39 is 18.5 Å². The molecule has 0 aromatic carbocycles. The number of aromatic nitrogens is 2. The molecule has 37 heavy (non-hydrogen) atoms. The number of pyridine rings is 2. The third-order valence-corrected chi connectivity index (χ3v) is 8.14. The van der Waals surface area contributed by atoms with Crippen LogP contribution in [0.15, 0.2) is 24.7 Å². The van der Waals surface area contributed by atoms with Gasteiger partial charge in [-0.15, -0.1) is 0 Å². The molecule has 0 bridgehead atoms. The molecule has 0 spiro atoms. The highest BCUT2D eigenvalue weighted by Crippen LogP contribution is 2.42. The zero-order valence-electron chi connectivity index (χ0n) is 20.1. The molecule has 0 radical (unpaired) electrons. The topological polar surface area (TPSA) is 86.1 Å². The summed E-state index contributed by atoms with van der Waals surface area (Å²) in [5.41, 5.74) is 8.68. The SMILES string of the molecule is C[C@@H](OC1CCC2NNC(c3cnc(N4CC(CC(F)(F)F)C4)c(C#N)c3)C2C1)c1c(Cl)cncc1Cl. The lowest BCUT2D eigenvalue weighted by molar-refractivity contribution is -0.146. The molecular weight excluding hydrogens is 528 g/mol. The van der Waals surface area contributed by atoms with E-state index in [1.165, 1.54) is 0 Å². The minimum absolute atomic E-state index is 0.00456. The average molecular weight is 555 g/mol. The van der Waals surface area contributed by atoms with E-state index in [2.05, 4.69) is 26.9 Å². The molecule has 2 saturated heterocycles. The Morgan fingerprint density at radius 3 is 2.59 bits per heavy atom. The lowest BCUT2D eigenvalue weighted by Gasteiger charge is -2.41. The summed E-state index contributed by atoms with van der Waals surface area (Å²) in [5, 5.41) is 10.7. The number of rotatable bonds is 6. The molecule has 5 rings (SSSR count). The molecule has 1 saturated carbocycles. The van der Waals surface area contributed by atoms with E-state index in [1.54, 1.807) is 29.6 Å². The first-order valence-corrected chi connectivity index (χ1v) is 13.1. The van der Waals surface area contributed by atoms with Gasteiger partial charge in [0.1, 0.15) is 11.9 Å². The quantitative estimate of drug-likeness (QED) is 0.487. The molecule has 4 heterocycles. The Hall–Kier alpha value is -2.16. The zero-order valence-corrected chi connectivity index (χ0v) is 21.6. The van der Waals surface area contributed by atoms with E-state index in [0.29, 0.717) is 21.4 Å². The number of hydrogen-bond acceptors (Lipinski definition) is 7. The van der Waals surface area contributed by atoms with E-state index in [1.807, 2.05) is 6.92 Å². The molecular formula is C25H27Cl2F3N6O. The van der Waals surface area contributed by atoms with Gasteiger partial charge in [-0.2, -0.15) is 18.4 Å². The van der Waals surface area contributed by atoms with E-state index in [0.717, 1.165) is 30.4 Å². The van der Waals surface area contributed by atoms with Crippen LogP contribution in [0.25, 0.3) is 0 Å². The van der Waals surface area contributed by atoms with Crippen LogP contribution in [-0.2, 0) is 4.74 Å². The van der Waals surface area contributed by atoms with Crippen LogP contribution in [0.3, 0.4) is 0 Å². The minimum Gasteiger partial charge on any atom is -0.370 e. The second-order valence-corrected chi connectivity index (χ2v) is 10.9. The minimum atomic E-state index is -4.18. The number of nitrogens with one attached hydrogen (secondary N) is 2. The maximum atomic E-state index is 12.7. The number of anilines is 1. The summed E-state index contributed by atoms with van der Waals surface area (Å²) in [4.78, 5) is 10.2. The van der Waals surface area contributed by atoms with Gasteiger partial charge >= 0.3 is 6.18 Å². The van der Waals surface area contributed by atoms with Crippen LogP contribution >= 0.6 is 23.2 Å². The first-order valence-electron chi connectivity index (χ1n) is 12.3. The number of alkyl halides is 3. The monoisotopic (exact) mass is 554 g/mol. The van der Waals surface area contributed by atoms with Gasteiger partial charge in [-0.1, -0.05) is 23.2 Å². The second kappa shape index (κ2) is 10.5. The number of hydrogen-bond donors (Lipinski definition) is 2. The van der Waals surface area contributed by atoms with E-state index >= 15 is 0 Å². The molecule has 2 aromatic heterocycles. The van der Waals surface area contributed by atoms with Crippen molar-refractivity contribution in [1.29, 1.82) is 5.26 Å². The number of ether oxygens (including phenoxy) is 1. The standard InChI is InChI=1S/C25H27Cl2F3N6O/c1-13(22-19(26)9-32-10-20(22)27)37-17-2-3-21-18(5-17)23(35-34-21)16-4-15(7-31)24(33-8-16)36-11-14(12-36)6-25(28,29)30/h4,8-10,13-14,17-18,21,23,34-35H,2-3,5-6,11-12H2,1H3/t13-,17?,18?,21?,23?/m1/s1. The number of fused-ring (bicyclic) bond motifs is 1. The average Bonchev–Trinajstić information content (AvgIpc) is 3.23. The van der Waals surface area contributed by atoms with Crippen LogP contribution in [-0.4, -0.2) is 41.4 Å². The van der Waals surface area contributed by atoms with Crippen LogP contribution in [0, 0.1) is 23.2 Å². The fourth-order valence-electron chi connectivity index (χ4n) is 5.81. The van der Waals surface area contributed by atoms with Gasteiger partial charge in [0.25, 0.3) is 0 Å². The van der Waals surface area contributed by atoms with E-state index in [4.69, 9.17) is 27.9 Å². The number of hydrazine groups is 1. The lowest BCUT2D eigenvalue weighted by atomic mass is 9.78. The zero-order chi connectivity index (χ0) is 26.3. The Kier molecular flexibility index (Phi) is 7.53. The Morgan fingerprint density at radius 1 is 1.19 bits per heavy atom. The molecule has 3 aliphatic rings. The van der Waals surface area contributed by atoms with Gasteiger partial charge in [-0.25, -0.2) is 10.4 Å². The molecule has 4 unspecified atom stereocenters. The predicted octanol–water partition coefficient (Wildman–Crippen LogP) is 5.51. The van der Waals surface area contributed by atoms with Crippen LogP contribution in [0.1, 0.15) is 61.4 Å². The van der Waals surface area contributed by atoms with Crippen molar-refractivity contribution in [2.45, 2.75) is 63.1 Å². The molecule has 2 aromatic rings. The summed E-state index contributed by atoms with van der Waals surface area (Å²) in [6.07, 6.45) is 2.11. The van der Waals surface area contributed by atoms with Gasteiger partial charge in [0.15, 0.2) is 0 Å². The fourth-order valence-corrected chi connectivity index (χ4v) is 6.49. The summed E-state index contributed by atoms with van der Waals surface area (Å²) < 4.78 is 44.4. The van der Waals surface area contributed by atoms with Crippen molar-refractivity contribution < 1.29 is 17.9 Å². The van der Waals surface area contributed by atoms with Crippen LogP contribution in [0.2, 0.25) is 10.0 Å². The van der Waals surface area contributed by atoms with Crippen molar-refractivity contribution in [2.24, 2.45) is 11.8 Å². The highest BCUT2D eigenvalue weighted by atomic mass is 35.5. The Labute approximate surface area is 223 Å². The maximum Gasteiger partial charge on any atom is 0.389 e. The van der Waals surface area contributed by atoms with Crippen molar-refractivity contribution >= 4 is 29.0 Å². The molecule has 1 aliphatic carbocycles. The predicted molar refractivity (Wildman–Crippen MR) is 133 cm³/mol. The van der Waals surface area contributed by atoms with Gasteiger partial charge in [0.05, 0.1) is 33.9 Å². The van der Waals surface area contributed by atoms with Crippen molar-refractivity contribution in [3.63, 3.8) is 0 Å². The third kappa shape index (κ3) is 5.66. The Bertz CT molecular complexity index is 1170. The van der Waals surface area contributed by atoms with Crippen LogP contribution in [0.5, 0.6) is 0 Å². The molecule has 2 aliphatic heterocycles. The normalized spacial score (nSPS) is 26.9. The van der Waals surface area contributed by atoms with Crippen LogP contribution < -0.4 is 15.8 Å². The summed E-state index contributed by atoms with van der Waals surface area (Å²) in [6, 6.07) is 4.14. The van der Waals surface area contributed by atoms with Gasteiger partial charge in [0.2, 0.25) is 0 Å². The number of halogens is 5. The van der Waals surface area contributed by atoms with Gasteiger partial charge in [-0.05, 0) is 43.7 Å². The van der Waals surface area contributed by atoms with Crippen LogP contribution in [0.4, 0.5) is 19.0 Å². The van der Waals surface area contributed by atoms with Crippen molar-refractivity contribution in [1.82, 2.24) is 20.8 Å². The van der Waals surface area contributed by atoms with E-state index in [9.17, 15) is 18.4 Å². The lowest BCUT2D eigenvalue weighted by Crippen LogP contribution is -2.49. The molecule has 12 heteroatoms. The summed E-state index contributed by atoms with van der Waals surface area (Å²) >= 11 is 12.6. The summed E-state index contributed by atoms with van der Waals surface area (Å²) in [6.45, 7) is 2.42. The maximum absolute atomic E-state index is 12.7. The molecule has 5 atom stereocenters. The van der Waals surface area contributed by atoms with Crippen molar-refractivity contribution in [3.05, 3.63) is 51.4 Å². The molecule has 0 amide bonds. The van der Waals surface area contributed by atoms with Crippen molar-refractivity contribution in [3.8, 4) is 6.07 Å². The molecule has 3 fully saturated rings. The highest BCUT2D eigenvalue weighted by Gasteiger charge is 2.43. The largest absolute Gasteiger partial charge is 0.389 e. The number of nitrogens with zero attached hydrogens (tertiary/aromatic N) is 4. The van der Waals surface area contributed by atoms with Crippen molar-refractivity contribution in [2.75, 3.05) is 18.0 Å². The summed E-state index contributed by atoms with van der Waals surface area (Å²) in [5.74, 6) is 0.179. The van der Waals surface area contributed by atoms with Gasteiger partial charge in [-0.3, -0.25) is 10.4 Å². The number of nitriles is 1. The Morgan fingerprint density at radius 2 is 1.92 bits per heavy atom. The molecule has 2 N–H and O–H groups in total. The first-order chi connectivity index (χ1) is 17.6. The second-order valence-electron chi connectivity index (χ2n) is 10.1. The van der Waals surface area contributed by atoms with Gasteiger partial charge in [0, 0.05) is 55.6 Å². The molecule has 198 valence electrons. The first kappa shape index (κ1) is 26.4. The summed E-state index contributed by atoms with van der Waals surface area (Å²) in [7, 11) is 0. The van der Waals surface area contributed by atoms with E-state index in [-0.39, 0.29) is 43.3 Å². The molecule has 7 nitrogen and oxygen atoms in total. The van der Waals surface area contributed by atoms with Gasteiger partial charge < -0.3 is 9.64 Å².